The number of phenolic OH excluding ortho intramolecular Hbond substituents is 1. The van der Waals surface area contributed by atoms with Crippen molar-refractivity contribution in [3.05, 3.63) is 58.6 Å². The maximum Gasteiger partial charge on any atom is 0.337 e. The largest absolute Gasteiger partial charge is 0.508 e. The molecule has 2 aromatic carbocycles. The van der Waals surface area contributed by atoms with Gasteiger partial charge in [-0.15, -0.1) is 0 Å². The molecular weight excluding hydrogens is 294 g/mol. The van der Waals surface area contributed by atoms with Gasteiger partial charge in [0.2, 0.25) is 5.91 Å². The fourth-order valence-electron chi connectivity index (χ4n) is 1.77. The van der Waals surface area contributed by atoms with E-state index in [1.165, 1.54) is 30.3 Å². The molecule has 2 rings (SSSR count). The van der Waals surface area contributed by atoms with E-state index in [9.17, 15) is 9.59 Å². The van der Waals surface area contributed by atoms with E-state index in [-0.39, 0.29) is 28.7 Å². The quantitative estimate of drug-likeness (QED) is 0.810. The monoisotopic (exact) mass is 305 g/mol. The molecule has 0 unspecified atom stereocenters. The van der Waals surface area contributed by atoms with Crippen LogP contribution in [-0.4, -0.2) is 22.1 Å². The van der Waals surface area contributed by atoms with Crippen molar-refractivity contribution >= 4 is 29.2 Å². The molecule has 0 radical (unpaired) electrons. The molecule has 2 aromatic rings. The summed E-state index contributed by atoms with van der Waals surface area (Å²) in [7, 11) is 0. The van der Waals surface area contributed by atoms with E-state index in [0.717, 1.165) is 5.56 Å². The lowest BCUT2D eigenvalue weighted by Crippen LogP contribution is -2.14. The minimum atomic E-state index is -1.12. The van der Waals surface area contributed by atoms with Crippen LogP contribution in [0, 0.1) is 0 Å². The lowest BCUT2D eigenvalue weighted by molar-refractivity contribution is -0.115. The standard InChI is InChI=1S/C15H12ClNO4/c16-13-8-10(3-6-12(13)15(20)21)17-14(19)7-9-1-4-11(18)5-2-9/h1-6,8,18H,7H2,(H,17,19)(H,20,21). The summed E-state index contributed by atoms with van der Waals surface area (Å²) in [5, 5.41) is 20.7. The van der Waals surface area contributed by atoms with E-state index < -0.39 is 5.97 Å². The summed E-state index contributed by atoms with van der Waals surface area (Å²) in [4.78, 5) is 22.7. The molecule has 0 atom stereocenters. The number of carboxylic acids is 1. The Morgan fingerprint density at radius 3 is 2.33 bits per heavy atom. The Balaban J connectivity index is 2.04. The van der Waals surface area contributed by atoms with Crippen LogP contribution in [0.3, 0.4) is 0 Å². The molecule has 0 aliphatic carbocycles. The number of nitrogens with one attached hydrogen (secondary N) is 1. The maximum absolute atomic E-state index is 11.9. The smallest absolute Gasteiger partial charge is 0.337 e. The summed E-state index contributed by atoms with van der Waals surface area (Å²) < 4.78 is 0. The second kappa shape index (κ2) is 6.28. The zero-order valence-electron chi connectivity index (χ0n) is 10.8. The average molecular weight is 306 g/mol. The second-order valence-electron chi connectivity index (χ2n) is 4.39. The van der Waals surface area contributed by atoms with E-state index in [0.29, 0.717) is 5.69 Å². The summed E-state index contributed by atoms with van der Waals surface area (Å²) >= 11 is 5.83. The molecule has 0 saturated carbocycles. The number of phenols is 1. The minimum absolute atomic E-state index is 0.0202. The fraction of sp³-hybridized carbons (Fsp3) is 0.0667. The number of benzene rings is 2. The highest BCUT2D eigenvalue weighted by Gasteiger charge is 2.10. The molecule has 3 N–H and O–H groups in total. The number of halogens is 1. The lowest BCUT2D eigenvalue weighted by Gasteiger charge is -2.07. The highest BCUT2D eigenvalue weighted by molar-refractivity contribution is 6.33. The van der Waals surface area contributed by atoms with Crippen LogP contribution in [0.2, 0.25) is 5.02 Å². The Hall–Kier alpha value is -2.53. The topological polar surface area (TPSA) is 86.6 Å². The number of hydrogen-bond acceptors (Lipinski definition) is 3. The molecule has 108 valence electrons. The van der Waals surface area contributed by atoms with E-state index >= 15 is 0 Å². The van der Waals surface area contributed by atoms with Crippen molar-refractivity contribution in [3.63, 3.8) is 0 Å². The average Bonchev–Trinajstić information content (AvgIpc) is 2.41. The van der Waals surface area contributed by atoms with Gasteiger partial charge in [-0.1, -0.05) is 23.7 Å². The van der Waals surface area contributed by atoms with Crippen LogP contribution in [0.25, 0.3) is 0 Å². The van der Waals surface area contributed by atoms with Crippen LogP contribution in [0.1, 0.15) is 15.9 Å². The predicted molar refractivity (Wildman–Crippen MR) is 78.9 cm³/mol. The predicted octanol–water partition coefficient (Wildman–Crippen LogP) is 2.93. The van der Waals surface area contributed by atoms with Crippen molar-refractivity contribution < 1.29 is 19.8 Å². The number of aromatic carboxylic acids is 1. The molecule has 0 aromatic heterocycles. The molecular formula is C15H12ClNO4. The Labute approximate surface area is 125 Å². The van der Waals surface area contributed by atoms with Crippen molar-refractivity contribution in [1.82, 2.24) is 0 Å². The zero-order valence-corrected chi connectivity index (χ0v) is 11.6. The Bertz CT molecular complexity index is 683. The van der Waals surface area contributed by atoms with Gasteiger partial charge in [-0.25, -0.2) is 4.79 Å². The summed E-state index contributed by atoms with van der Waals surface area (Å²) in [5.74, 6) is -1.25. The highest BCUT2D eigenvalue weighted by atomic mass is 35.5. The number of rotatable bonds is 4. The Kier molecular flexibility index (Phi) is 4.45. The highest BCUT2D eigenvalue weighted by Crippen LogP contribution is 2.21. The van der Waals surface area contributed by atoms with Gasteiger partial charge in [0.05, 0.1) is 17.0 Å². The number of carbonyl (C=O) groups excluding carboxylic acids is 1. The summed E-state index contributed by atoms with van der Waals surface area (Å²) in [6.07, 6.45) is 0.137. The van der Waals surface area contributed by atoms with E-state index in [2.05, 4.69) is 5.32 Å². The lowest BCUT2D eigenvalue weighted by atomic mass is 10.1. The van der Waals surface area contributed by atoms with Gasteiger partial charge < -0.3 is 15.5 Å². The van der Waals surface area contributed by atoms with Gasteiger partial charge in [0, 0.05) is 5.69 Å². The first-order valence-corrected chi connectivity index (χ1v) is 6.44. The van der Waals surface area contributed by atoms with E-state index in [1.54, 1.807) is 12.1 Å². The summed E-state index contributed by atoms with van der Waals surface area (Å²) in [5.41, 5.74) is 1.15. The molecule has 21 heavy (non-hydrogen) atoms. The third-order valence-corrected chi connectivity index (χ3v) is 3.10. The first-order chi connectivity index (χ1) is 9.95. The number of amides is 1. The second-order valence-corrected chi connectivity index (χ2v) is 4.80. The maximum atomic E-state index is 11.9. The van der Waals surface area contributed by atoms with Crippen LogP contribution >= 0.6 is 11.6 Å². The number of hydrogen-bond donors (Lipinski definition) is 3. The van der Waals surface area contributed by atoms with Crippen molar-refractivity contribution in [1.29, 1.82) is 0 Å². The molecule has 0 aliphatic rings. The first kappa shape index (κ1) is 14.9. The van der Waals surface area contributed by atoms with Crippen LogP contribution in [0.15, 0.2) is 42.5 Å². The van der Waals surface area contributed by atoms with Crippen LogP contribution in [0.5, 0.6) is 5.75 Å². The molecule has 0 heterocycles. The van der Waals surface area contributed by atoms with Crippen LogP contribution in [-0.2, 0) is 11.2 Å². The van der Waals surface area contributed by atoms with Gasteiger partial charge in [0.25, 0.3) is 0 Å². The van der Waals surface area contributed by atoms with Crippen LogP contribution < -0.4 is 5.32 Å². The van der Waals surface area contributed by atoms with Crippen molar-refractivity contribution in [3.8, 4) is 5.75 Å². The molecule has 0 bridgehead atoms. The third kappa shape index (κ3) is 3.97. The molecule has 5 nitrogen and oxygen atoms in total. The number of anilines is 1. The Morgan fingerprint density at radius 1 is 1.10 bits per heavy atom. The molecule has 1 amide bonds. The van der Waals surface area contributed by atoms with Gasteiger partial charge in [0.15, 0.2) is 0 Å². The number of aromatic hydroxyl groups is 1. The zero-order chi connectivity index (χ0) is 15.4. The fourth-order valence-corrected chi connectivity index (χ4v) is 2.03. The molecule has 0 saturated heterocycles. The molecule has 6 heteroatoms. The van der Waals surface area contributed by atoms with Gasteiger partial charge in [-0.2, -0.15) is 0 Å². The van der Waals surface area contributed by atoms with Gasteiger partial charge in [-0.05, 0) is 35.9 Å². The van der Waals surface area contributed by atoms with E-state index in [4.69, 9.17) is 21.8 Å². The molecule has 0 fully saturated rings. The first-order valence-electron chi connectivity index (χ1n) is 6.06. The van der Waals surface area contributed by atoms with Gasteiger partial charge in [-0.3, -0.25) is 4.79 Å². The number of carboxylic acid groups (broad SMARTS) is 1. The summed E-state index contributed by atoms with van der Waals surface area (Å²) in [6.45, 7) is 0. The van der Waals surface area contributed by atoms with Crippen LogP contribution in [0.4, 0.5) is 5.69 Å². The number of carbonyl (C=O) groups is 2. The van der Waals surface area contributed by atoms with E-state index in [1.807, 2.05) is 0 Å². The SMILES string of the molecule is O=C(Cc1ccc(O)cc1)Nc1ccc(C(=O)O)c(Cl)c1. The third-order valence-electron chi connectivity index (χ3n) is 2.78. The normalized spacial score (nSPS) is 10.1. The minimum Gasteiger partial charge on any atom is -0.508 e. The van der Waals surface area contributed by atoms with Crippen molar-refractivity contribution in [2.24, 2.45) is 0 Å². The molecule has 0 aliphatic heterocycles. The van der Waals surface area contributed by atoms with Gasteiger partial charge >= 0.3 is 5.97 Å². The van der Waals surface area contributed by atoms with Crippen molar-refractivity contribution in [2.45, 2.75) is 6.42 Å². The summed E-state index contributed by atoms with van der Waals surface area (Å²) in [6, 6.07) is 10.5. The molecule has 0 spiro atoms. The van der Waals surface area contributed by atoms with Crippen molar-refractivity contribution in [2.75, 3.05) is 5.32 Å². The van der Waals surface area contributed by atoms with Gasteiger partial charge in [0.1, 0.15) is 5.75 Å². The Morgan fingerprint density at radius 2 is 1.76 bits per heavy atom.